The van der Waals surface area contributed by atoms with Crippen molar-refractivity contribution >= 4 is 5.78 Å². The molecule has 4 rings (SSSR count). The van der Waals surface area contributed by atoms with Crippen LogP contribution in [0.25, 0.3) is 0 Å². The Kier molecular flexibility index (Phi) is 2.73. The van der Waals surface area contributed by atoms with Gasteiger partial charge >= 0.3 is 0 Å². The van der Waals surface area contributed by atoms with Crippen molar-refractivity contribution in [2.75, 3.05) is 0 Å². The van der Waals surface area contributed by atoms with E-state index in [1.54, 1.807) is 0 Å². The summed E-state index contributed by atoms with van der Waals surface area (Å²) in [7, 11) is 0. The molecule has 0 radical (unpaired) electrons. The molecule has 19 heavy (non-hydrogen) atoms. The Morgan fingerprint density at radius 2 is 2.00 bits per heavy atom. The second-order valence-electron chi connectivity index (χ2n) is 6.77. The van der Waals surface area contributed by atoms with E-state index in [4.69, 9.17) is 9.78 Å². The van der Waals surface area contributed by atoms with Crippen LogP contribution in [0.3, 0.4) is 0 Å². The fourth-order valence-corrected chi connectivity index (χ4v) is 3.90. The van der Waals surface area contributed by atoms with Gasteiger partial charge < -0.3 is 5.11 Å². The minimum atomic E-state index is -0.742. The summed E-state index contributed by atoms with van der Waals surface area (Å²) in [5.74, 6) is 0.314. The largest absolute Gasteiger partial charge is 0.386 e. The summed E-state index contributed by atoms with van der Waals surface area (Å²) in [5.41, 5.74) is 0.131. The predicted octanol–water partition coefficient (Wildman–Crippen LogP) is 2.16. The van der Waals surface area contributed by atoms with Gasteiger partial charge in [0.2, 0.25) is 0 Å². The first kappa shape index (κ1) is 13.3. The molecule has 1 saturated heterocycles. The lowest BCUT2D eigenvalue weighted by Gasteiger charge is -2.45. The van der Waals surface area contributed by atoms with Gasteiger partial charge in [-0.25, -0.2) is 9.78 Å². The Balaban J connectivity index is 2.19. The highest BCUT2D eigenvalue weighted by Crippen LogP contribution is 2.53. The van der Waals surface area contributed by atoms with E-state index < -0.39 is 17.3 Å². The van der Waals surface area contributed by atoms with Crippen molar-refractivity contribution in [2.24, 2.45) is 11.8 Å². The second kappa shape index (κ2) is 3.90. The summed E-state index contributed by atoms with van der Waals surface area (Å²) in [6.45, 7) is 7.97. The maximum Gasteiger partial charge on any atom is 0.162 e. The summed E-state index contributed by atoms with van der Waals surface area (Å²) in [6, 6.07) is 0. The van der Waals surface area contributed by atoms with Gasteiger partial charge in [-0.1, -0.05) is 20.8 Å². The molecule has 0 amide bonds. The van der Waals surface area contributed by atoms with E-state index in [0.717, 1.165) is 18.4 Å². The lowest BCUT2D eigenvalue weighted by molar-refractivity contribution is -0.442. The molecule has 0 aromatic carbocycles. The normalized spacial score (nSPS) is 45.9. The minimum Gasteiger partial charge on any atom is -0.386 e. The third kappa shape index (κ3) is 1.54. The van der Waals surface area contributed by atoms with Crippen LogP contribution in [0.4, 0.5) is 0 Å². The number of ketones is 1. The molecule has 0 aromatic rings. The number of aliphatic hydroxyl groups is 1. The van der Waals surface area contributed by atoms with E-state index in [-0.39, 0.29) is 17.6 Å². The van der Waals surface area contributed by atoms with E-state index in [0.29, 0.717) is 12.0 Å². The van der Waals surface area contributed by atoms with Crippen molar-refractivity contribution in [2.45, 2.75) is 64.3 Å². The van der Waals surface area contributed by atoms with Crippen molar-refractivity contribution in [1.82, 2.24) is 0 Å². The topological polar surface area (TPSA) is 55.8 Å². The zero-order chi connectivity index (χ0) is 14.0. The highest BCUT2D eigenvalue weighted by molar-refractivity contribution is 6.01. The maximum atomic E-state index is 12.3. The van der Waals surface area contributed by atoms with Gasteiger partial charge in [-0.2, -0.15) is 0 Å². The molecule has 4 nitrogen and oxygen atoms in total. The van der Waals surface area contributed by atoms with Crippen LogP contribution >= 0.6 is 0 Å². The van der Waals surface area contributed by atoms with Crippen molar-refractivity contribution in [3.05, 3.63) is 11.1 Å². The summed E-state index contributed by atoms with van der Waals surface area (Å²) >= 11 is 0. The lowest BCUT2D eigenvalue weighted by Crippen LogP contribution is -2.54. The van der Waals surface area contributed by atoms with Crippen LogP contribution in [0.5, 0.6) is 0 Å². The number of fused-ring (bicyclic) bond motifs is 2. The molecule has 2 bridgehead atoms. The van der Waals surface area contributed by atoms with E-state index in [2.05, 4.69) is 0 Å². The molecule has 4 heteroatoms. The molecule has 1 fully saturated rings. The fraction of sp³-hybridized carbons (Fsp3) is 0.800. The maximum absolute atomic E-state index is 12.3. The van der Waals surface area contributed by atoms with Gasteiger partial charge in [-0.05, 0) is 37.2 Å². The quantitative estimate of drug-likeness (QED) is 0.739. The lowest BCUT2D eigenvalue weighted by atomic mass is 9.77. The molecule has 106 valence electrons. The van der Waals surface area contributed by atoms with Gasteiger partial charge in [0.1, 0.15) is 17.3 Å². The van der Waals surface area contributed by atoms with Crippen LogP contribution in [0, 0.1) is 11.8 Å². The molecule has 2 aliphatic carbocycles. The fourth-order valence-electron chi connectivity index (χ4n) is 3.90. The summed E-state index contributed by atoms with van der Waals surface area (Å²) in [4.78, 5) is 23.6. The van der Waals surface area contributed by atoms with Gasteiger partial charge in [0.15, 0.2) is 5.78 Å². The standard InChI is InChI=1S/C15H22O4/c1-8(2)15-6-5-14(4,18-19-15)12-10(16)7-9(3)11(12)13(15)17/h8-9,13,17H,5-7H2,1-4H3/t9-,13+,14+,15+/m1/s1. The zero-order valence-corrected chi connectivity index (χ0v) is 12.0. The highest BCUT2D eigenvalue weighted by atomic mass is 17.2. The van der Waals surface area contributed by atoms with Crippen LogP contribution < -0.4 is 0 Å². The SMILES string of the molecule is CC(C)[C@]12CC[C@](C)(OO1)C1=C([C@H](C)CC1=O)[C@@H]2O. The van der Waals surface area contributed by atoms with E-state index in [1.807, 2.05) is 27.7 Å². The first-order valence-corrected chi connectivity index (χ1v) is 7.14. The van der Waals surface area contributed by atoms with Crippen LogP contribution in [-0.2, 0) is 14.6 Å². The number of aliphatic hydroxyl groups excluding tert-OH is 1. The van der Waals surface area contributed by atoms with Crippen molar-refractivity contribution in [3.8, 4) is 0 Å². The molecule has 0 aromatic heterocycles. The van der Waals surface area contributed by atoms with Gasteiger partial charge in [0.25, 0.3) is 0 Å². The average Bonchev–Trinajstić information content (AvgIpc) is 2.54. The Labute approximate surface area is 113 Å². The number of hydrogen-bond acceptors (Lipinski definition) is 4. The number of rotatable bonds is 1. The molecule has 1 N–H and O–H groups in total. The predicted molar refractivity (Wildman–Crippen MR) is 69.2 cm³/mol. The Bertz CT molecular complexity index is 455. The first-order chi connectivity index (χ1) is 8.82. The van der Waals surface area contributed by atoms with E-state index >= 15 is 0 Å². The van der Waals surface area contributed by atoms with Crippen molar-refractivity contribution < 1.29 is 19.7 Å². The monoisotopic (exact) mass is 266 g/mol. The smallest absolute Gasteiger partial charge is 0.162 e. The second-order valence-corrected chi connectivity index (χ2v) is 6.77. The van der Waals surface area contributed by atoms with Gasteiger partial charge in [-0.15, -0.1) is 0 Å². The molecular weight excluding hydrogens is 244 g/mol. The van der Waals surface area contributed by atoms with Gasteiger partial charge in [0.05, 0.1) is 0 Å². The van der Waals surface area contributed by atoms with Gasteiger partial charge in [-0.3, -0.25) is 4.79 Å². The molecule has 2 heterocycles. The number of Topliss-reactive ketones (excluding diaryl/α,β-unsaturated/α-hetero) is 1. The van der Waals surface area contributed by atoms with Crippen molar-refractivity contribution in [3.63, 3.8) is 0 Å². The molecule has 0 spiro atoms. The van der Waals surface area contributed by atoms with E-state index in [1.165, 1.54) is 0 Å². The first-order valence-electron chi connectivity index (χ1n) is 7.14. The van der Waals surface area contributed by atoms with Crippen LogP contribution in [0.15, 0.2) is 11.1 Å². The Morgan fingerprint density at radius 1 is 1.32 bits per heavy atom. The van der Waals surface area contributed by atoms with Crippen LogP contribution in [0.1, 0.15) is 47.0 Å². The molecule has 0 unspecified atom stereocenters. The molecule has 4 atom stereocenters. The molecule has 0 saturated carbocycles. The van der Waals surface area contributed by atoms with E-state index in [9.17, 15) is 9.90 Å². The third-order valence-electron chi connectivity index (χ3n) is 5.23. The van der Waals surface area contributed by atoms with Crippen LogP contribution in [0.2, 0.25) is 0 Å². The van der Waals surface area contributed by atoms with Crippen molar-refractivity contribution in [1.29, 1.82) is 0 Å². The highest BCUT2D eigenvalue weighted by Gasteiger charge is 2.60. The van der Waals surface area contributed by atoms with Crippen LogP contribution in [-0.4, -0.2) is 28.2 Å². The average molecular weight is 266 g/mol. The molecule has 2 aliphatic heterocycles. The molecular formula is C15H22O4. The van der Waals surface area contributed by atoms with Gasteiger partial charge in [0, 0.05) is 12.0 Å². The Morgan fingerprint density at radius 3 is 2.53 bits per heavy atom. The summed E-state index contributed by atoms with van der Waals surface area (Å²) in [5, 5.41) is 10.9. The zero-order valence-electron chi connectivity index (χ0n) is 12.0. The summed E-state index contributed by atoms with van der Waals surface area (Å²) < 4.78 is 0. The minimum absolute atomic E-state index is 0.0818. The Hall–Kier alpha value is -0.710. The molecule has 4 aliphatic rings. The summed E-state index contributed by atoms with van der Waals surface area (Å²) in [6.07, 6.45) is 1.18. The number of carbonyl (C=O) groups is 1. The third-order valence-corrected chi connectivity index (χ3v) is 5.23. The number of hydrogen-bond donors (Lipinski definition) is 1. The number of carbonyl (C=O) groups excluding carboxylic acids is 1.